The number of alkyl halides is 3. The first-order valence-corrected chi connectivity index (χ1v) is 6.87. The molecule has 21 heavy (non-hydrogen) atoms. The Morgan fingerprint density at radius 3 is 2.19 bits per heavy atom. The van der Waals surface area contributed by atoms with Crippen LogP contribution in [0.15, 0.2) is 46.9 Å². The van der Waals surface area contributed by atoms with Crippen LogP contribution in [0.5, 0.6) is 5.75 Å². The second kappa shape index (κ2) is 6.49. The maximum absolute atomic E-state index is 13.0. The van der Waals surface area contributed by atoms with E-state index in [1.54, 1.807) is 24.3 Å². The predicted octanol–water partition coefficient (Wildman–Crippen LogP) is 4.54. The lowest BCUT2D eigenvalue weighted by Crippen LogP contribution is -2.09. The molecule has 0 saturated carbocycles. The number of rotatable bonds is 4. The Morgan fingerprint density at radius 2 is 1.62 bits per heavy atom. The summed E-state index contributed by atoms with van der Waals surface area (Å²) >= 11 is 3.28. The second-order valence-electron chi connectivity index (χ2n) is 4.40. The van der Waals surface area contributed by atoms with Gasteiger partial charge < -0.3 is 9.84 Å². The van der Waals surface area contributed by atoms with Crippen LogP contribution in [0.4, 0.5) is 13.2 Å². The van der Waals surface area contributed by atoms with E-state index in [1.165, 1.54) is 12.1 Å². The smallest absolute Gasteiger partial charge is 0.419 e. The molecule has 0 aliphatic carbocycles. The highest BCUT2D eigenvalue weighted by atomic mass is 79.9. The highest BCUT2D eigenvalue weighted by molar-refractivity contribution is 9.10. The fourth-order valence-corrected chi connectivity index (χ4v) is 2.03. The molecule has 112 valence electrons. The molecule has 0 aromatic heterocycles. The van der Waals surface area contributed by atoms with E-state index < -0.39 is 18.3 Å². The summed E-state index contributed by atoms with van der Waals surface area (Å²) in [7, 11) is 0. The van der Waals surface area contributed by atoms with Crippen molar-refractivity contribution in [3.8, 4) is 5.75 Å². The SMILES string of the molecule is OCc1ccc(OCc2ccc(Br)cc2)c(C(F)(F)F)c1. The van der Waals surface area contributed by atoms with Gasteiger partial charge in [0.25, 0.3) is 0 Å². The average Bonchev–Trinajstić information content (AvgIpc) is 2.45. The lowest BCUT2D eigenvalue weighted by molar-refractivity contribution is -0.139. The fraction of sp³-hybridized carbons (Fsp3) is 0.200. The highest BCUT2D eigenvalue weighted by Crippen LogP contribution is 2.37. The third-order valence-corrected chi connectivity index (χ3v) is 3.37. The van der Waals surface area contributed by atoms with Crippen LogP contribution < -0.4 is 4.74 Å². The number of ether oxygens (including phenoxy) is 1. The number of aliphatic hydroxyl groups excluding tert-OH is 1. The molecule has 0 aliphatic rings. The summed E-state index contributed by atoms with van der Waals surface area (Å²) in [6, 6.07) is 10.6. The van der Waals surface area contributed by atoms with Gasteiger partial charge in [0.1, 0.15) is 12.4 Å². The maximum Gasteiger partial charge on any atom is 0.419 e. The minimum absolute atomic E-state index is 0.0365. The first-order chi connectivity index (χ1) is 9.90. The summed E-state index contributed by atoms with van der Waals surface area (Å²) in [6.45, 7) is -0.412. The molecule has 0 radical (unpaired) electrons. The number of hydrogen-bond donors (Lipinski definition) is 1. The summed E-state index contributed by atoms with van der Waals surface area (Å²) in [5.74, 6) is -0.248. The molecule has 0 bridgehead atoms. The van der Waals surface area contributed by atoms with Crippen LogP contribution >= 0.6 is 15.9 Å². The fourth-order valence-electron chi connectivity index (χ4n) is 1.76. The Hall–Kier alpha value is -1.53. The van der Waals surface area contributed by atoms with E-state index in [1.807, 2.05) is 0 Å². The van der Waals surface area contributed by atoms with Gasteiger partial charge in [0.15, 0.2) is 0 Å². The third kappa shape index (κ3) is 4.22. The van der Waals surface area contributed by atoms with E-state index in [-0.39, 0.29) is 17.9 Å². The lowest BCUT2D eigenvalue weighted by Gasteiger charge is -2.15. The molecule has 0 aliphatic heterocycles. The molecule has 2 nitrogen and oxygen atoms in total. The zero-order chi connectivity index (χ0) is 15.5. The van der Waals surface area contributed by atoms with E-state index in [0.29, 0.717) is 0 Å². The summed E-state index contributed by atoms with van der Waals surface area (Å²) in [5.41, 5.74) is 0.0713. The standard InChI is InChI=1S/C15H12BrF3O2/c16-12-4-1-10(2-5-12)9-21-14-6-3-11(8-20)7-13(14)15(17,18)19/h1-7,20H,8-9H2. The van der Waals surface area contributed by atoms with Crippen LogP contribution in [0.1, 0.15) is 16.7 Å². The number of halogens is 4. The molecule has 6 heteroatoms. The van der Waals surface area contributed by atoms with E-state index in [4.69, 9.17) is 9.84 Å². The molecule has 0 saturated heterocycles. The van der Waals surface area contributed by atoms with E-state index in [9.17, 15) is 13.2 Å². The van der Waals surface area contributed by atoms with Crippen LogP contribution in [0, 0.1) is 0 Å². The molecule has 0 heterocycles. The van der Waals surface area contributed by atoms with Gasteiger partial charge in [-0.05, 0) is 35.4 Å². The zero-order valence-corrected chi connectivity index (χ0v) is 12.4. The Bertz CT molecular complexity index is 609. The maximum atomic E-state index is 13.0. The van der Waals surface area contributed by atoms with Crippen molar-refractivity contribution in [1.82, 2.24) is 0 Å². The second-order valence-corrected chi connectivity index (χ2v) is 5.32. The summed E-state index contributed by atoms with van der Waals surface area (Å²) in [5, 5.41) is 8.94. The van der Waals surface area contributed by atoms with Crippen LogP contribution in [0.3, 0.4) is 0 Å². The third-order valence-electron chi connectivity index (χ3n) is 2.84. The van der Waals surface area contributed by atoms with Crippen LogP contribution in [-0.4, -0.2) is 5.11 Å². The molecule has 2 rings (SSSR count). The molecule has 0 unspecified atom stereocenters. The molecule has 2 aromatic rings. The first-order valence-electron chi connectivity index (χ1n) is 6.08. The van der Waals surface area contributed by atoms with Crippen LogP contribution in [0.2, 0.25) is 0 Å². The Kier molecular flexibility index (Phi) is 4.90. The molecule has 0 amide bonds. The van der Waals surface area contributed by atoms with Crippen molar-refractivity contribution in [1.29, 1.82) is 0 Å². The van der Waals surface area contributed by atoms with Gasteiger partial charge in [-0.3, -0.25) is 0 Å². The molecule has 0 atom stereocenters. The van der Waals surface area contributed by atoms with Crippen molar-refractivity contribution in [2.24, 2.45) is 0 Å². The Balaban J connectivity index is 2.21. The molecular formula is C15H12BrF3O2. The predicted molar refractivity (Wildman–Crippen MR) is 75.8 cm³/mol. The van der Waals surface area contributed by atoms with E-state index >= 15 is 0 Å². The van der Waals surface area contributed by atoms with Gasteiger partial charge in [0.2, 0.25) is 0 Å². The highest BCUT2D eigenvalue weighted by Gasteiger charge is 2.34. The summed E-state index contributed by atoms with van der Waals surface area (Å²) < 4.78 is 45.1. The lowest BCUT2D eigenvalue weighted by atomic mass is 10.1. The van der Waals surface area contributed by atoms with Gasteiger partial charge in [-0.15, -0.1) is 0 Å². The molecule has 2 aromatic carbocycles. The minimum Gasteiger partial charge on any atom is -0.488 e. The van der Waals surface area contributed by atoms with Crippen LogP contribution in [0.25, 0.3) is 0 Å². The van der Waals surface area contributed by atoms with Crippen LogP contribution in [-0.2, 0) is 19.4 Å². The van der Waals surface area contributed by atoms with Gasteiger partial charge in [-0.25, -0.2) is 0 Å². The van der Waals surface area contributed by atoms with Crippen molar-refractivity contribution in [3.63, 3.8) is 0 Å². The van der Waals surface area contributed by atoms with Crippen molar-refractivity contribution in [2.45, 2.75) is 19.4 Å². The normalized spacial score (nSPS) is 11.5. The molecule has 1 N–H and O–H groups in total. The monoisotopic (exact) mass is 360 g/mol. The number of aliphatic hydroxyl groups is 1. The van der Waals surface area contributed by atoms with Crippen molar-refractivity contribution >= 4 is 15.9 Å². The van der Waals surface area contributed by atoms with Gasteiger partial charge in [-0.2, -0.15) is 13.2 Å². The Morgan fingerprint density at radius 1 is 1.00 bits per heavy atom. The number of hydrogen-bond acceptors (Lipinski definition) is 2. The number of benzene rings is 2. The van der Waals surface area contributed by atoms with Gasteiger partial charge in [0, 0.05) is 4.47 Å². The quantitative estimate of drug-likeness (QED) is 0.867. The van der Waals surface area contributed by atoms with Gasteiger partial charge in [0.05, 0.1) is 12.2 Å². The zero-order valence-electron chi connectivity index (χ0n) is 10.8. The largest absolute Gasteiger partial charge is 0.488 e. The molecule has 0 spiro atoms. The van der Waals surface area contributed by atoms with Gasteiger partial charge in [-0.1, -0.05) is 34.1 Å². The summed E-state index contributed by atoms with van der Waals surface area (Å²) in [4.78, 5) is 0. The average molecular weight is 361 g/mol. The van der Waals surface area contributed by atoms with Gasteiger partial charge >= 0.3 is 6.18 Å². The molecular weight excluding hydrogens is 349 g/mol. The van der Waals surface area contributed by atoms with E-state index in [2.05, 4.69) is 15.9 Å². The topological polar surface area (TPSA) is 29.5 Å². The van der Waals surface area contributed by atoms with Crippen molar-refractivity contribution in [3.05, 3.63) is 63.6 Å². The first kappa shape index (κ1) is 15.9. The Labute approximate surface area is 128 Å². The van der Waals surface area contributed by atoms with Crippen molar-refractivity contribution < 1.29 is 23.0 Å². The van der Waals surface area contributed by atoms with E-state index in [0.717, 1.165) is 16.1 Å². The van der Waals surface area contributed by atoms with Crippen molar-refractivity contribution in [2.75, 3.05) is 0 Å². The molecule has 0 fully saturated rings. The summed E-state index contributed by atoms with van der Waals surface area (Å²) in [6.07, 6.45) is -4.53. The minimum atomic E-state index is -4.53.